The fraction of sp³-hybridized carbons (Fsp3) is 0.500. The van der Waals surface area contributed by atoms with Crippen LogP contribution < -0.4 is 0 Å². The Morgan fingerprint density at radius 2 is 2.19 bits per heavy atom. The number of esters is 1. The van der Waals surface area contributed by atoms with Gasteiger partial charge >= 0.3 is 5.97 Å². The molecule has 0 radical (unpaired) electrons. The molecule has 1 saturated carbocycles. The quantitative estimate of drug-likeness (QED) is 0.259. The molecular weight excluding hydrogens is 448 g/mol. The number of aliphatic hydroxyl groups is 1. The van der Waals surface area contributed by atoms with Crippen molar-refractivity contribution in [2.75, 3.05) is 24.4 Å². The molecule has 0 saturated heterocycles. The van der Waals surface area contributed by atoms with E-state index in [-0.39, 0.29) is 17.1 Å². The van der Waals surface area contributed by atoms with Gasteiger partial charge in [-0.1, -0.05) is 30.4 Å². The summed E-state index contributed by atoms with van der Waals surface area (Å²) in [6, 6.07) is 10.6. The van der Waals surface area contributed by atoms with Gasteiger partial charge in [-0.05, 0) is 60.6 Å². The fourth-order valence-electron chi connectivity index (χ4n) is 3.66. The van der Waals surface area contributed by atoms with Gasteiger partial charge in [0.2, 0.25) is 0 Å². The van der Waals surface area contributed by atoms with Crippen molar-refractivity contribution in [2.24, 2.45) is 5.92 Å². The van der Waals surface area contributed by atoms with Crippen molar-refractivity contribution >= 4 is 56.7 Å². The van der Waals surface area contributed by atoms with Crippen LogP contribution in [0.5, 0.6) is 0 Å². The molecule has 7 heteroatoms. The molecule has 31 heavy (non-hydrogen) atoms. The summed E-state index contributed by atoms with van der Waals surface area (Å²) in [5.74, 6) is 2.51. The van der Waals surface area contributed by atoms with Gasteiger partial charge in [0, 0.05) is 16.0 Å². The van der Waals surface area contributed by atoms with E-state index in [1.807, 2.05) is 6.08 Å². The maximum atomic E-state index is 12.3. The number of ether oxygens (including phenoxy) is 1. The predicted octanol–water partition coefficient (Wildman–Crippen LogP) is 5.13. The first-order valence-corrected chi connectivity index (χ1v) is 13.7. The zero-order valence-corrected chi connectivity index (χ0v) is 20.3. The van der Waals surface area contributed by atoms with Crippen LogP contribution in [-0.2, 0) is 20.7 Å². The Kier molecular flexibility index (Phi) is 9.96. The summed E-state index contributed by atoms with van der Waals surface area (Å²) in [7, 11) is 1.40. The van der Waals surface area contributed by atoms with Crippen molar-refractivity contribution in [2.45, 2.75) is 43.5 Å². The second kappa shape index (κ2) is 12.7. The lowest BCUT2D eigenvalue weighted by molar-refractivity contribution is -0.137. The number of carbonyl (C=O) groups is 2. The molecule has 1 unspecified atom stereocenters. The third-order valence-corrected chi connectivity index (χ3v) is 9.04. The number of fused-ring (bicyclic) bond motifs is 1. The normalized spacial score (nSPS) is 20.0. The Hall–Kier alpha value is -1.28. The van der Waals surface area contributed by atoms with Gasteiger partial charge in [-0.25, -0.2) is 0 Å². The van der Waals surface area contributed by atoms with E-state index in [0.717, 1.165) is 30.8 Å². The van der Waals surface area contributed by atoms with Crippen LogP contribution in [0.2, 0.25) is 0 Å². The topological polar surface area (TPSA) is 63.6 Å². The van der Waals surface area contributed by atoms with Crippen molar-refractivity contribution < 1.29 is 19.4 Å². The van der Waals surface area contributed by atoms with Crippen molar-refractivity contribution in [1.82, 2.24) is 0 Å². The average molecular weight is 479 g/mol. The molecule has 1 heterocycles. The summed E-state index contributed by atoms with van der Waals surface area (Å²) in [6.07, 6.45) is 7.47. The highest BCUT2D eigenvalue weighted by Crippen LogP contribution is 2.34. The second-order valence-corrected chi connectivity index (χ2v) is 11.2. The third-order valence-electron chi connectivity index (χ3n) is 5.35. The summed E-state index contributed by atoms with van der Waals surface area (Å²) in [5, 5.41) is 11.7. The summed E-state index contributed by atoms with van der Waals surface area (Å²) < 4.78 is 5.92. The van der Waals surface area contributed by atoms with E-state index in [0.29, 0.717) is 24.4 Å². The summed E-state index contributed by atoms with van der Waals surface area (Å²) >= 11 is 5.08. The zero-order valence-electron chi connectivity index (χ0n) is 17.8. The van der Waals surface area contributed by atoms with Crippen LogP contribution in [0.4, 0.5) is 0 Å². The smallest absolute Gasteiger partial charge is 0.315 e. The summed E-state index contributed by atoms with van der Waals surface area (Å²) in [4.78, 5) is 24.7. The number of aliphatic hydroxyl groups excluding tert-OH is 1. The lowest BCUT2D eigenvalue weighted by atomic mass is 10.0. The van der Waals surface area contributed by atoms with Crippen molar-refractivity contribution in [3.05, 3.63) is 47.4 Å². The second-order valence-electron chi connectivity index (χ2n) is 7.68. The van der Waals surface area contributed by atoms with E-state index in [9.17, 15) is 14.7 Å². The SMILES string of the molecule is COC(=O)CSCCCS[C@H]1C(=O)CCC1/C=C/[C@H](O)CCc1cc2ccccc2s1. The fourth-order valence-corrected chi connectivity index (χ4v) is 7.04. The van der Waals surface area contributed by atoms with Gasteiger partial charge in [-0.2, -0.15) is 11.8 Å². The largest absolute Gasteiger partial charge is 0.468 e. The summed E-state index contributed by atoms with van der Waals surface area (Å²) in [6.45, 7) is 0. The minimum Gasteiger partial charge on any atom is -0.468 e. The maximum Gasteiger partial charge on any atom is 0.315 e. The van der Waals surface area contributed by atoms with Gasteiger partial charge in [-0.3, -0.25) is 9.59 Å². The number of ketones is 1. The maximum absolute atomic E-state index is 12.3. The lowest BCUT2D eigenvalue weighted by Crippen LogP contribution is -2.17. The van der Waals surface area contributed by atoms with Gasteiger partial charge in [0.15, 0.2) is 0 Å². The number of Topliss-reactive ketones (excluding diaryl/α,β-unsaturated/α-hetero) is 1. The molecule has 1 aromatic heterocycles. The van der Waals surface area contributed by atoms with Crippen LogP contribution in [0.25, 0.3) is 10.1 Å². The van der Waals surface area contributed by atoms with Crippen LogP contribution in [0.1, 0.15) is 30.6 Å². The number of thiophene rings is 1. The molecule has 0 amide bonds. The Labute approximate surface area is 196 Å². The molecule has 0 aliphatic heterocycles. The highest BCUT2D eigenvalue weighted by atomic mass is 32.2. The monoisotopic (exact) mass is 478 g/mol. The number of aryl methyl sites for hydroxylation is 1. The van der Waals surface area contributed by atoms with Gasteiger partial charge < -0.3 is 9.84 Å². The molecule has 0 spiro atoms. The van der Waals surface area contributed by atoms with Crippen LogP contribution >= 0.6 is 34.9 Å². The van der Waals surface area contributed by atoms with Crippen LogP contribution in [0.3, 0.4) is 0 Å². The van der Waals surface area contributed by atoms with E-state index >= 15 is 0 Å². The number of hydrogen-bond acceptors (Lipinski definition) is 7. The molecule has 3 rings (SSSR count). The molecule has 1 fully saturated rings. The molecule has 1 N–H and O–H groups in total. The first kappa shape index (κ1) is 24.4. The zero-order chi connectivity index (χ0) is 22.1. The summed E-state index contributed by atoms with van der Waals surface area (Å²) in [5.41, 5.74) is 0. The van der Waals surface area contributed by atoms with Crippen molar-refractivity contribution in [3.63, 3.8) is 0 Å². The third kappa shape index (κ3) is 7.67. The minimum absolute atomic E-state index is 0.00310. The van der Waals surface area contributed by atoms with Gasteiger partial charge in [0.1, 0.15) is 5.78 Å². The van der Waals surface area contributed by atoms with Gasteiger partial charge in [0.25, 0.3) is 0 Å². The Morgan fingerprint density at radius 3 is 3.00 bits per heavy atom. The first-order valence-electron chi connectivity index (χ1n) is 10.7. The lowest BCUT2D eigenvalue weighted by Gasteiger charge is -2.15. The van der Waals surface area contributed by atoms with Crippen LogP contribution in [-0.4, -0.2) is 52.6 Å². The number of carbonyl (C=O) groups excluding carboxylic acids is 2. The van der Waals surface area contributed by atoms with Crippen LogP contribution in [0, 0.1) is 5.92 Å². The molecule has 4 nitrogen and oxygen atoms in total. The molecule has 1 aromatic carbocycles. The number of thioether (sulfide) groups is 2. The van der Waals surface area contributed by atoms with Gasteiger partial charge in [0.05, 0.1) is 24.2 Å². The number of methoxy groups -OCH3 is 1. The van der Waals surface area contributed by atoms with Crippen LogP contribution in [0.15, 0.2) is 42.5 Å². The Morgan fingerprint density at radius 1 is 1.35 bits per heavy atom. The number of hydrogen-bond donors (Lipinski definition) is 1. The molecule has 1 aliphatic carbocycles. The van der Waals surface area contributed by atoms with Crippen molar-refractivity contribution in [1.29, 1.82) is 0 Å². The predicted molar refractivity (Wildman–Crippen MR) is 133 cm³/mol. The number of benzene rings is 1. The molecule has 1 aliphatic rings. The van der Waals surface area contributed by atoms with E-state index in [4.69, 9.17) is 0 Å². The average Bonchev–Trinajstić information content (AvgIpc) is 3.35. The molecular formula is C24H30O4S3. The molecule has 3 atom stereocenters. The van der Waals surface area contributed by atoms with Crippen molar-refractivity contribution in [3.8, 4) is 0 Å². The molecule has 168 valence electrons. The van der Waals surface area contributed by atoms with Gasteiger partial charge in [-0.15, -0.1) is 23.1 Å². The number of allylic oxidation sites excluding steroid dienone is 1. The number of rotatable bonds is 12. The highest BCUT2D eigenvalue weighted by Gasteiger charge is 2.33. The standard InChI is InChI=1S/C24H30O4S3/c1-28-23(27)16-29-13-4-14-30-24-17(8-12-21(24)26)7-9-19(25)10-11-20-15-18-5-2-3-6-22(18)31-20/h2-3,5-7,9,15,17,19,24-25H,4,8,10-14,16H2,1H3/b9-7+/t17?,19-,24+/m0/s1. The van der Waals surface area contributed by atoms with E-state index in [1.54, 1.807) is 34.9 Å². The first-order chi connectivity index (χ1) is 15.1. The molecule has 0 bridgehead atoms. The Bertz CT molecular complexity index is 859. The molecule has 2 aromatic rings. The Balaban J connectivity index is 1.39. The highest BCUT2D eigenvalue weighted by molar-refractivity contribution is 8.01. The minimum atomic E-state index is -0.485. The van der Waals surface area contributed by atoms with E-state index in [2.05, 4.69) is 41.1 Å². The van der Waals surface area contributed by atoms with E-state index in [1.165, 1.54) is 22.1 Å². The van der Waals surface area contributed by atoms with E-state index < -0.39 is 6.10 Å².